The van der Waals surface area contributed by atoms with E-state index in [0.29, 0.717) is 53.4 Å². The molecule has 1 amide bonds. The molecule has 0 unspecified atom stereocenters. The number of aryl methyl sites for hydroxylation is 1. The molecule has 0 bridgehead atoms. The summed E-state index contributed by atoms with van der Waals surface area (Å²) in [5.41, 5.74) is 5.07. The number of carbonyl (C=O) groups is 3. The molecule has 2 aliphatic carbocycles. The zero-order valence-corrected chi connectivity index (χ0v) is 25.8. The van der Waals surface area contributed by atoms with Gasteiger partial charge in [0.05, 0.1) is 24.3 Å². The number of ether oxygens (including phenoxy) is 2. The molecule has 2 aliphatic heterocycles. The van der Waals surface area contributed by atoms with Crippen LogP contribution in [0.25, 0.3) is 11.3 Å². The predicted octanol–water partition coefficient (Wildman–Crippen LogP) is 6.76. The Kier molecular flexibility index (Phi) is 6.71. The highest BCUT2D eigenvalue weighted by Gasteiger charge is 2.53. The standard InChI is InChI=1S/C35H40N2O5/c1-8-37-33(40)30-26(17-34(37,5)6)42-27-18-35(14-9-15-35)16-24(39)29(27)31(30)28-20(3)22(11-13-25(28)41-7)23-12-10-19(2)32(36-23)21(4)38/h10-13,31H,8-9,14-18H2,1-7H3/t31-/m1/s1. The minimum atomic E-state index is -0.612. The second kappa shape index (κ2) is 9.92. The summed E-state index contributed by atoms with van der Waals surface area (Å²) in [7, 11) is 1.62. The number of amides is 1. The fraction of sp³-hybridized carbons (Fsp3) is 0.486. The van der Waals surface area contributed by atoms with Gasteiger partial charge < -0.3 is 14.4 Å². The van der Waals surface area contributed by atoms with E-state index in [1.54, 1.807) is 7.11 Å². The molecule has 1 spiro atoms. The van der Waals surface area contributed by atoms with Crippen LogP contribution in [-0.4, -0.2) is 46.6 Å². The van der Waals surface area contributed by atoms with Gasteiger partial charge in [-0.15, -0.1) is 0 Å². The second-order valence-corrected chi connectivity index (χ2v) is 13.1. The van der Waals surface area contributed by atoms with Crippen molar-refractivity contribution in [2.24, 2.45) is 5.41 Å². The summed E-state index contributed by atoms with van der Waals surface area (Å²) < 4.78 is 12.6. The van der Waals surface area contributed by atoms with Crippen molar-refractivity contribution >= 4 is 17.5 Å². The van der Waals surface area contributed by atoms with Gasteiger partial charge in [0.25, 0.3) is 5.91 Å². The first kappa shape index (κ1) is 28.4. The monoisotopic (exact) mass is 568 g/mol. The van der Waals surface area contributed by atoms with Crippen LogP contribution in [0.2, 0.25) is 0 Å². The van der Waals surface area contributed by atoms with Gasteiger partial charge >= 0.3 is 0 Å². The summed E-state index contributed by atoms with van der Waals surface area (Å²) >= 11 is 0. The van der Waals surface area contributed by atoms with Crippen LogP contribution in [0.15, 0.2) is 46.9 Å². The number of hydrogen-bond donors (Lipinski definition) is 0. The third-order valence-electron chi connectivity index (χ3n) is 10.0. The lowest BCUT2D eigenvalue weighted by atomic mass is 9.58. The maximum absolute atomic E-state index is 14.4. The van der Waals surface area contributed by atoms with Gasteiger partial charge in [0, 0.05) is 55.0 Å². The summed E-state index contributed by atoms with van der Waals surface area (Å²) in [5, 5.41) is 0. The Balaban J connectivity index is 1.61. The van der Waals surface area contributed by atoms with Crippen molar-refractivity contribution in [1.82, 2.24) is 9.88 Å². The third kappa shape index (κ3) is 4.23. The maximum atomic E-state index is 14.4. The van der Waals surface area contributed by atoms with E-state index in [1.165, 1.54) is 6.92 Å². The number of rotatable bonds is 5. The zero-order chi connectivity index (χ0) is 30.1. The number of nitrogens with zero attached hydrogens (tertiary/aromatic N) is 2. The van der Waals surface area contributed by atoms with Gasteiger partial charge in [-0.05, 0) is 82.2 Å². The first-order chi connectivity index (χ1) is 19.9. The fourth-order valence-electron chi connectivity index (χ4n) is 7.74. The topological polar surface area (TPSA) is 85.8 Å². The Morgan fingerprint density at radius 1 is 1.05 bits per heavy atom. The van der Waals surface area contributed by atoms with Gasteiger partial charge in [-0.1, -0.05) is 12.5 Å². The molecule has 2 aromatic rings. The predicted molar refractivity (Wildman–Crippen MR) is 160 cm³/mol. The maximum Gasteiger partial charge on any atom is 0.254 e. The van der Waals surface area contributed by atoms with Crippen molar-refractivity contribution < 1.29 is 23.9 Å². The normalized spacial score (nSPS) is 22.5. The molecule has 7 heteroatoms. The highest BCUT2D eigenvalue weighted by Crippen LogP contribution is 2.59. The van der Waals surface area contributed by atoms with Crippen LogP contribution in [0, 0.1) is 19.3 Å². The summed E-state index contributed by atoms with van der Waals surface area (Å²) in [6.45, 7) is 12.1. The summed E-state index contributed by atoms with van der Waals surface area (Å²) in [6.07, 6.45) is 4.95. The van der Waals surface area contributed by atoms with Crippen LogP contribution in [0.5, 0.6) is 5.75 Å². The number of pyridine rings is 1. The van der Waals surface area contributed by atoms with E-state index in [9.17, 15) is 14.4 Å². The Labute approximate surface area is 248 Å². The SMILES string of the molecule is CCN1C(=O)C2=C(CC1(C)C)OC1=C(C(=O)CC3(CCC3)C1)[C@H]2c1c(OC)ccc(-c2ccc(C)c(C(C)=O)n2)c1C. The largest absolute Gasteiger partial charge is 0.496 e. The third-order valence-corrected chi connectivity index (χ3v) is 10.0. The quantitative estimate of drug-likeness (QED) is 0.371. The molecule has 1 saturated carbocycles. The number of ketones is 2. The zero-order valence-electron chi connectivity index (χ0n) is 25.8. The lowest BCUT2D eigenvalue weighted by molar-refractivity contribution is -0.135. The number of carbonyl (C=O) groups excluding carboxylic acids is 3. The van der Waals surface area contributed by atoms with Crippen LogP contribution >= 0.6 is 0 Å². The van der Waals surface area contributed by atoms with Gasteiger partial charge in [-0.3, -0.25) is 14.4 Å². The van der Waals surface area contributed by atoms with Gasteiger partial charge in [0.1, 0.15) is 23.0 Å². The molecular formula is C35H40N2O5. The van der Waals surface area contributed by atoms with E-state index in [-0.39, 0.29) is 22.9 Å². The van der Waals surface area contributed by atoms with Gasteiger partial charge in [0.15, 0.2) is 11.6 Å². The Morgan fingerprint density at radius 3 is 2.38 bits per heavy atom. The molecule has 42 heavy (non-hydrogen) atoms. The first-order valence-electron chi connectivity index (χ1n) is 15.1. The Bertz CT molecular complexity index is 1610. The molecule has 1 aromatic heterocycles. The second-order valence-electron chi connectivity index (χ2n) is 13.1. The highest BCUT2D eigenvalue weighted by molar-refractivity contribution is 6.06. The molecule has 1 aromatic carbocycles. The smallest absolute Gasteiger partial charge is 0.254 e. The molecule has 6 rings (SSSR count). The molecule has 1 fully saturated rings. The van der Waals surface area contributed by atoms with E-state index in [0.717, 1.165) is 53.7 Å². The van der Waals surface area contributed by atoms with Gasteiger partial charge in [-0.25, -0.2) is 4.98 Å². The van der Waals surface area contributed by atoms with Crippen LogP contribution in [0.1, 0.15) is 99.3 Å². The molecule has 220 valence electrons. The molecule has 0 N–H and O–H groups in total. The summed E-state index contributed by atoms with van der Waals surface area (Å²) in [5.74, 6) is 1.26. The number of aromatic nitrogens is 1. The minimum Gasteiger partial charge on any atom is -0.496 e. The van der Waals surface area contributed by atoms with Crippen LogP contribution < -0.4 is 4.74 Å². The van der Waals surface area contributed by atoms with Crippen molar-refractivity contribution in [3.63, 3.8) is 0 Å². The minimum absolute atomic E-state index is 0.0297. The fourth-order valence-corrected chi connectivity index (χ4v) is 7.74. The number of likely N-dealkylation sites (N-methyl/N-ethyl adjacent to an activating group) is 1. The van der Waals surface area contributed by atoms with Crippen molar-refractivity contribution in [3.8, 4) is 17.0 Å². The number of allylic oxidation sites excluding steroid dienone is 2. The molecule has 4 aliphatic rings. The average Bonchev–Trinajstić information content (AvgIpc) is 2.90. The molecule has 7 nitrogen and oxygen atoms in total. The first-order valence-corrected chi connectivity index (χ1v) is 15.1. The van der Waals surface area contributed by atoms with E-state index < -0.39 is 11.5 Å². The van der Waals surface area contributed by atoms with Crippen LogP contribution in [0.3, 0.4) is 0 Å². The summed E-state index contributed by atoms with van der Waals surface area (Å²) in [6, 6.07) is 7.66. The van der Waals surface area contributed by atoms with Gasteiger partial charge in [0.2, 0.25) is 0 Å². The number of hydrogen-bond acceptors (Lipinski definition) is 6. The van der Waals surface area contributed by atoms with E-state index in [4.69, 9.17) is 14.5 Å². The lowest BCUT2D eigenvalue weighted by Crippen LogP contribution is -2.54. The van der Waals surface area contributed by atoms with Crippen molar-refractivity contribution in [2.75, 3.05) is 13.7 Å². The Hall–Kier alpha value is -3.74. The number of Topliss-reactive ketones (excluding diaryl/α,β-unsaturated/α-hetero) is 2. The number of methoxy groups -OCH3 is 1. The van der Waals surface area contributed by atoms with E-state index in [2.05, 4.69) is 13.8 Å². The van der Waals surface area contributed by atoms with Crippen LogP contribution in [0.4, 0.5) is 0 Å². The van der Waals surface area contributed by atoms with Crippen LogP contribution in [-0.2, 0) is 14.3 Å². The van der Waals surface area contributed by atoms with Crippen molar-refractivity contribution in [3.05, 3.63) is 69.3 Å². The molecule has 1 atom stereocenters. The number of benzene rings is 1. The average molecular weight is 569 g/mol. The highest BCUT2D eigenvalue weighted by atomic mass is 16.5. The molecular weight excluding hydrogens is 528 g/mol. The lowest BCUT2D eigenvalue weighted by Gasteiger charge is -2.50. The van der Waals surface area contributed by atoms with E-state index >= 15 is 0 Å². The Morgan fingerprint density at radius 2 is 1.76 bits per heavy atom. The molecule has 0 saturated heterocycles. The van der Waals surface area contributed by atoms with Crippen molar-refractivity contribution in [1.29, 1.82) is 0 Å². The molecule has 0 radical (unpaired) electrons. The molecule has 3 heterocycles. The van der Waals surface area contributed by atoms with E-state index in [1.807, 2.05) is 49.9 Å². The van der Waals surface area contributed by atoms with Gasteiger partial charge in [-0.2, -0.15) is 0 Å². The summed E-state index contributed by atoms with van der Waals surface area (Å²) in [4.78, 5) is 47.4. The van der Waals surface area contributed by atoms with Crippen molar-refractivity contribution in [2.45, 2.75) is 91.5 Å².